The highest BCUT2D eigenvalue weighted by Gasteiger charge is 2.37. The van der Waals surface area contributed by atoms with E-state index in [9.17, 15) is 0 Å². The Balaban J connectivity index is 1.23. The zero-order chi connectivity index (χ0) is 22.8. The monoisotopic (exact) mass is 480 g/mol. The number of hydrogen-bond acceptors (Lipinski definition) is 6. The Bertz CT molecular complexity index is 1130. The normalized spacial score (nSPS) is 17.5. The first kappa shape index (κ1) is 22.3. The van der Waals surface area contributed by atoms with Crippen molar-refractivity contribution in [3.8, 4) is 0 Å². The van der Waals surface area contributed by atoms with Gasteiger partial charge in [-0.05, 0) is 49.3 Å². The number of hydrogen-bond donors (Lipinski definition) is 1. The van der Waals surface area contributed by atoms with Crippen LogP contribution in [-0.2, 0) is 7.05 Å². The molecule has 2 aromatic heterocycles. The molecule has 8 heteroatoms. The molecule has 0 radical (unpaired) electrons. The van der Waals surface area contributed by atoms with Crippen LogP contribution in [0.5, 0.6) is 0 Å². The lowest BCUT2D eigenvalue weighted by atomic mass is 9.77. The van der Waals surface area contributed by atoms with E-state index in [-0.39, 0.29) is 0 Å². The van der Waals surface area contributed by atoms with Crippen molar-refractivity contribution in [3.63, 3.8) is 0 Å². The third kappa shape index (κ3) is 4.89. The summed E-state index contributed by atoms with van der Waals surface area (Å²) in [5.74, 6) is 0.973. The topological polar surface area (TPSA) is 58.9 Å². The van der Waals surface area contributed by atoms with Crippen LogP contribution in [0.25, 0.3) is 5.70 Å². The molecule has 1 aliphatic carbocycles. The second-order valence-electron chi connectivity index (χ2n) is 9.10. The Morgan fingerprint density at radius 2 is 1.88 bits per heavy atom. The van der Waals surface area contributed by atoms with Gasteiger partial charge in [0.15, 0.2) is 0 Å². The zero-order valence-electron chi connectivity index (χ0n) is 18.9. The van der Waals surface area contributed by atoms with E-state index >= 15 is 0 Å². The maximum Gasteiger partial charge on any atom is 0.147 e. The number of rotatable bonds is 6. The van der Waals surface area contributed by atoms with E-state index in [0.717, 1.165) is 40.2 Å². The summed E-state index contributed by atoms with van der Waals surface area (Å²) in [5.41, 5.74) is 2.88. The first-order valence-corrected chi connectivity index (χ1v) is 12.7. The van der Waals surface area contributed by atoms with Crippen molar-refractivity contribution in [3.05, 3.63) is 60.2 Å². The average molecular weight is 481 g/mol. The fraction of sp³-hybridized carbons (Fsp3) is 0.400. The van der Waals surface area contributed by atoms with Gasteiger partial charge in [0.25, 0.3) is 0 Å². The Morgan fingerprint density at radius 3 is 2.55 bits per heavy atom. The highest BCUT2D eigenvalue weighted by Crippen LogP contribution is 2.46. The second-order valence-corrected chi connectivity index (χ2v) is 10.5. The number of benzene rings is 1. The van der Waals surface area contributed by atoms with Gasteiger partial charge in [-0.25, -0.2) is 9.97 Å². The summed E-state index contributed by atoms with van der Waals surface area (Å²) in [6.45, 7) is 6.25. The SMILES string of the molecule is C=C(Nc1cccc(Sc2cnc(N3CCC4(CCCC4)CC3)cn2)c1Cl)c1ccn(C)n1. The van der Waals surface area contributed by atoms with Crippen LogP contribution in [0, 0.1) is 5.41 Å². The molecule has 2 aliphatic rings. The molecule has 172 valence electrons. The summed E-state index contributed by atoms with van der Waals surface area (Å²) in [4.78, 5) is 12.7. The highest BCUT2D eigenvalue weighted by molar-refractivity contribution is 7.99. The summed E-state index contributed by atoms with van der Waals surface area (Å²) in [6.07, 6.45) is 13.8. The summed E-state index contributed by atoms with van der Waals surface area (Å²) >= 11 is 8.21. The first-order valence-electron chi connectivity index (χ1n) is 11.5. The lowest BCUT2D eigenvalue weighted by Gasteiger charge is -2.39. The van der Waals surface area contributed by atoms with Gasteiger partial charge in [0.05, 0.1) is 28.8 Å². The molecule has 1 saturated heterocycles. The molecule has 0 amide bonds. The molecule has 1 aliphatic heterocycles. The second kappa shape index (κ2) is 9.39. The third-order valence-electron chi connectivity index (χ3n) is 6.91. The van der Waals surface area contributed by atoms with Gasteiger partial charge < -0.3 is 10.2 Å². The smallest absolute Gasteiger partial charge is 0.147 e. The number of aryl methyl sites for hydroxylation is 1. The van der Waals surface area contributed by atoms with Gasteiger partial charge in [0, 0.05) is 31.2 Å². The van der Waals surface area contributed by atoms with Crippen molar-refractivity contribution in [2.24, 2.45) is 12.5 Å². The highest BCUT2D eigenvalue weighted by atomic mass is 35.5. The van der Waals surface area contributed by atoms with Crippen LogP contribution in [0.15, 0.2) is 59.4 Å². The summed E-state index contributed by atoms with van der Waals surface area (Å²) in [7, 11) is 1.88. The van der Waals surface area contributed by atoms with Gasteiger partial charge in [0.1, 0.15) is 16.5 Å². The number of aromatic nitrogens is 4. The Hall–Kier alpha value is -2.51. The Kier molecular flexibility index (Phi) is 6.34. The minimum Gasteiger partial charge on any atom is -0.355 e. The quantitative estimate of drug-likeness (QED) is 0.449. The van der Waals surface area contributed by atoms with E-state index in [4.69, 9.17) is 16.6 Å². The molecule has 0 atom stereocenters. The number of nitrogens with zero attached hydrogens (tertiary/aromatic N) is 5. The van der Waals surface area contributed by atoms with Crippen molar-refractivity contribution in [2.75, 3.05) is 23.3 Å². The molecule has 0 bridgehead atoms. The molecule has 1 aromatic carbocycles. The molecule has 6 nitrogen and oxygen atoms in total. The van der Waals surface area contributed by atoms with E-state index in [1.54, 1.807) is 4.68 Å². The predicted molar refractivity (Wildman–Crippen MR) is 136 cm³/mol. The lowest BCUT2D eigenvalue weighted by molar-refractivity contribution is 0.226. The molecular weight excluding hydrogens is 452 g/mol. The standard InChI is InChI=1S/C25H29ClN6S/c1-18(19-8-13-31(2)30-19)29-20-6-5-7-21(24(20)26)33-23-17-27-22(16-28-23)32-14-11-25(12-15-32)9-3-4-10-25/h5-8,13,16-17,29H,1,3-4,9-12,14-15H2,2H3. The summed E-state index contributed by atoms with van der Waals surface area (Å²) in [6, 6.07) is 7.80. The van der Waals surface area contributed by atoms with Crippen LogP contribution < -0.4 is 10.2 Å². The summed E-state index contributed by atoms with van der Waals surface area (Å²) in [5, 5.41) is 9.11. The average Bonchev–Trinajstić information content (AvgIpc) is 3.47. The molecule has 1 spiro atoms. The number of nitrogens with one attached hydrogen (secondary N) is 1. The molecule has 33 heavy (non-hydrogen) atoms. The van der Waals surface area contributed by atoms with Crippen LogP contribution in [0.3, 0.4) is 0 Å². The van der Waals surface area contributed by atoms with Gasteiger partial charge in [-0.3, -0.25) is 4.68 Å². The molecule has 3 aromatic rings. The van der Waals surface area contributed by atoms with Crippen LogP contribution in [0.1, 0.15) is 44.2 Å². The van der Waals surface area contributed by atoms with Gasteiger partial charge in [-0.2, -0.15) is 5.10 Å². The molecular formula is C25H29ClN6S. The molecule has 2 fully saturated rings. The lowest BCUT2D eigenvalue weighted by Crippen LogP contribution is -2.39. The van der Waals surface area contributed by atoms with Crippen molar-refractivity contribution >= 4 is 40.6 Å². The van der Waals surface area contributed by atoms with E-state index < -0.39 is 0 Å². The van der Waals surface area contributed by atoms with Crippen molar-refractivity contribution in [1.82, 2.24) is 19.7 Å². The first-order chi connectivity index (χ1) is 16.0. The van der Waals surface area contributed by atoms with Crippen molar-refractivity contribution < 1.29 is 0 Å². The summed E-state index contributed by atoms with van der Waals surface area (Å²) < 4.78 is 1.75. The largest absolute Gasteiger partial charge is 0.355 e. The maximum absolute atomic E-state index is 6.70. The molecule has 1 saturated carbocycles. The van der Waals surface area contributed by atoms with E-state index in [1.165, 1.54) is 50.3 Å². The maximum atomic E-state index is 6.70. The molecule has 1 N–H and O–H groups in total. The van der Waals surface area contributed by atoms with Gasteiger partial charge in [-0.15, -0.1) is 0 Å². The Morgan fingerprint density at radius 1 is 1.09 bits per heavy atom. The molecule has 0 unspecified atom stereocenters. The van der Waals surface area contributed by atoms with Crippen LogP contribution >= 0.6 is 23.4 Å². The van der Waals surface area contributed by atoms with E-state index in [2.05, 4.69) is 26.9 Å². The number of piperidine rings is 1. The zero-order valence-corrected chi connectivity index (χ0v) is 20.5. The number of anilines is 2. The minimum atomic E-state index is 0.609. The Labute approximate surface area is 204 Å². The fourth-order valence-electron chi connectivity index (χ4n) is 4.96. The van der Waals surface area contributed by atoms with Crippen LogP contribution in [-0.4, -0.2) is 32.8 Å². The predicted octanol–water partition coefficient (Wildman–Crippen LogP) is 6.26. The number of halogens is 1. The van der Waals surface area contributed by atoms with Crippen molar-refractivity contribution in [1.29, 1.82) is 0 Å². The van der Waals surface area contributed by atoms with Crippen molar-refractivity contribution in [2.45, 2.75) is 48.4 Å². The third-order valence-corrected chi connectivity index (χ3v) is 8.41. The van der Waals surface area contributed by atoms with E-state index in [0.29, 0.717) is 16.1 Å². The minimum absolute atomic E-state index is 0.609. The van der Waals surface area contributed by atoms with E-state index in [1.807, 2.05) is 49.9 Å². The molecule has 3 heterocycles. The van der Waals surface area contributed by atoms with Crippen LogP contribution in [0.2, 0.25) is 5.02 Å². The fourth-order valence-corrected chi connectivity index (χ4v) is 6.03. The van der Waals surface area contributed by atoms with Crippen LogP contribution in [0.4, 0.5) is 11.5 Å². The van der Waals surface area contributed by atoms with Gasteiger partial charge in [-0.1, -0.05) is 48.8 Å². The molecule has 5 rings (SSSR count). The van der Waals surface area contributed by atoms with Gasteiger partial charge in [0.2, 0.25) is 0 Å². The van der Waals surface area contributed by atoms with Gasteiger partial charge >= 0.3 is 0 Å².